The summed E-state index contributed by atoms with van der Waals surface area (Å²) in [4.78, 5) is 0. The average molecular weight is 232 g/mol. The van der Waals surface area contributed by atoms with Gasteiger partial charge in [0.05, 0.1) is 6.10 Å². The summed E-state index contributed by atoms with van der Waals surface area (Å²) in [5.41, 5.74) is 1.11. The highest BCUT2D eigenvalue weighted by molar-refractivity contribution is 5.43. The number of hydrogen-bond acceptors (Lipinski definition) is 3. The van der Waals surface area contributed by atoms with E-state index in [0.717, 1.165) is 24.8 Å². The molecule has 1 rings (SSSR count). The molecule has 3 heteroatoms. The van der Waals surface area contributed by atoms with Gasteiger partial charge in [-0.2, -0.15) is 10.5 Å². The molecule has 0 spiro atoms. The summed E-state index contributed by atoms with van der Waals surface area (Å²) in [7, 11) is 0. The van der Waals surface area contributed by atoms with E-state index in [-0.39, 0.29) is 23.3 Å². The molecule has 3 nitrogen and oxygen atoms in total. The van der Waals surface area contributed by atoms with Crippen molar-refractivity contribution < 1.29 is 5.11 Å². The van der Waals surface area contributed by atoms with E-state index >= 15 is 0 Å². The number of aliphatic hydroxyl groups is 1. The van der Waals surface area contributed by atoms with Crippen LogP contribution in [0.1, 0.15) is 40.0 Å². The number of rotatable bonds is 2. The van der Waals surface area contributed by atoms with E-state index in [1.54, 1.807) is 0 Å². The van der Waals surface area contributed by atoms with E-state index in [1.807, 2.05) is 26.0 Å². The Morgan fingerprint density at radius 3 is 2.29 bits per heavy atom. The molecule has 17 heavy (non-hydrogen) atoms. The van der Waals surface area contributed by atoms with Crippen LogP contribution in [-0.2, 0) is 0 Å². The summed E-state index contributed by atoms with van der Waals surface area (Å²) in [6.07, 6.45) is 2.16. The van der Waals surface area contributed by atoms with Crippen LogP contribution < -0.4 is 0 Å². The van der Waals surface area contributed by atoms with Gasteiger partial charge in [-0.1, -0.05) is 20.8 Å². The zero-order valence-corrected chi connectivity index (χ0v) is 10.8. The van der Waals surface area contributed by atoms with Gasteiger partial charge in [0.25, 0.3) is 0 Å². The fourth-order valence-electron chi connectivity index (χ4n) is 2.99. The maximum absolute atomic E-state index is 10.2. The van der Waals surface area contributed by atoms with Crippen LogP contribution in [0.25, 0.3) is 0 Å². The molecule has 0 aromatic heterocycles. The number of allylic oxidation sites excluding steroid dienone is 1. The van der Waals surface area contributed by atoms with Crippen molar-refractivity contribution in [1.82, 2.24) is 0 Å². The molecule has 0 aromatic rings. The molecule has 0 radical (unpaired) electrons. The lowest BCUT2D eigenvalue weighted by Crippen LogP contribution is -2.38. The maximum Gasteiger partial charge on any atom is 0.129 e. The lowest BCUT2D eigenvalue weighted by atomic mass is 9.67. The molecule has 0 heterocycles. The first-order valence-electron chi connectivity index (χ1n) is 6.32. The molecule has 4 unspecified atom stereocenters. The summed E-state index contributed by atoms with van der Waals surface area (Å²) < 4.78 is 0. The van der Waals surface area contributed by atoms with Crippen LogP contribution in [0, 0.1) is 40.4 Å². The Kier molecular flexibility index (Phi) is 4.73. The second kappa shape index (κ2) is 5.84. The third-order valence-electron chi connectivity index (χ3n) is 3.94. The molecule has 0 bridgehead atoms. The van der Waals surface area contributed by atoms with Crippen molar-refractivity contribution in [2.45, 2.75) is 46.1 Å². The third-order valence-corrected chi connectivity index (χ3v) is 3.94. The van der Waals surface area contributed by atoms with Crippen LogP contribution in [0.2, 0.25) is 0 Å². The Morgan fingerprint density at radius 1 is 1.29 bits per heavy atom. The highest BCUT2D eigenvalue weighted by Gasteiger charge is 2.38. The average Bonchev–Trinajstić information content (AvgIpc) is 2.35. The van der Waals surface area contributed by atoms with Gasteiger partial charge in [0.15, 0.2) is 0 Å². The molecule has 4 atom stereocenters. The van der Waals surface area contributed by atoms with Crippen LogP contribution in [0.3, 0.4) is 0 Å². The number of hydrogen-bond donors (Lipinski definition) is 1. The molecule has 1 N–H and O–H groups in total. The molecule has 1 aliphatic rings. The monoisotopic (exact) mass is 232 g/mol. The van der Waals surface area contributed by atoms with Gasteiger partial charge < -0.3 is 5.11 Å². The predicted molar refractivity (Wildman–Crippen MR) is 65.6 cm³/mol. The Hall–Kier alpha value is -1.32. The number of nitrogens with zero attached hydrogens (tertiary/aromatic N) is 2. The first-order valence-corrected chi connectivity index (χ1v) is 6.32. The maximum atomic E-state index is 10.2. The SMILES string of the molecule is CCC1CC(C)C(O)C(CC)C1=C(C#N)C#N. The van der Waals surface area contributed by atoms with Gasteiger partial charge in [0, 0.05) is 5.92 Å². The molecule has 0 amide bonds. The minimum Gasteiger partial charge on any atom is -0.392 e. The minimum atomic E-state index is -0.422. The quantitative estimate of drug-likeness (QED) is 0.744. The minimum absolute atomic E-state index is 0.0296. The summed E-state index contributed by atoms with van der Waals surface area (Å²) in [6.45, 7) is 6.13. The lowest BCUT2D eigenvalue weighted by Gasteiger charge is -2.39. The summed E-state index contributed by atoms with van der Waals surface area (Å²) in [5, 5.41) is 28.3. The van der Waals surface area contributed by atoms with Gasteiger partial charge >= 0.3 is 0 Å². The Labute approximate surface area is 103 Å². The molecule has 92 valence electrons. The van der Waals surface area contributed by atoms with Crippen molar-refractivity contribution in [3.63, 3.8) is 0 Å². The van der Waals surface area contributed by atoms with Crippen LogP contribution in [-0.4, -0.2) is 11.2 Å². The molecular weight excluding hydrogens is 212 g/mol. The zero-order valence-electron chi connectivity index (χ0n) is 10.8. The lowest BCUT2D eigenvalue weighted by molar-refractivity contribution is 0.0338. The first-order chi connectivity index (χ1) is 8.10. The van der Waals surface area contributed by atoms with E-state index in [4.69, 9.17) is 10.5 Å². The largest absolute Gasteiger partial charge is 0.392 e. The van der Waals surface area contributed by atoms with Gasteiger partial charge in [0.1, 0.15) is 17.7 Å². The van der Waals surface area contributed by atoms with Gasteiger partial charge in [-0.25, -0.2) is 0 Å². The normalized spacial score (nSPS) is 32.7. The zero-order chi connectivity index (χ0) is 13.0. The van der Waals surface area contributed by atoms with Gasteiger partial charge in [0.2, 0.25) is 0 Å². The van der Waals surface area contributed by atoms with E-state index in [2.05, 4.69) is 6.92 Å². The molecule has 0 aliphatic heterocycles. The summed E-state index contributed by atoms with van der Waals surface area (Å²) in [6, 6.07) is 3.99. The van der Waals surface area contributed by atoms with Crippen molar-refractivity contribution in [3.8, 4) is 12.1 Å². The molecule has 1 fully saturated rings. The Bertz CT molecular complexity index is 370. The van der Waals surface area contributed by atoms with E-state index < -0.39 is 6.10 Å². The molecule has 0 saturated heterocycles. The smallest absolute Gasteiger partial charge is 0.129 e. The number of nitriles is 2. The molecule has 1 aliphatic carbocycles. The van der Waals surface area contributed by atoms with Crippen LogP contribution in [0.4, 0.5) is 0 Å². The highest BCUT2D eigenvalue weighted by Crippen LogP contribution is 2.42. The second-order valence-electron chi connectivity index (χ2n) is 4.88. The van der Waals surface area contributed by atoms with Crippen LogP contribution >= 0.6 is 0 Å². The molecule has 1 saturated carbocycles. The van der Waals surface area contributed by atoms with Gasteiger partial charge in [-0.05, 0) is 36.7 Å². The highest BCUT2D eigenvalue weighted by atomic mass is 16.3. The third kappa shape index (κ3) is 2.51. The Balaban J connectivity index is 3.26. The van der Waals surface area contributed by atoms with Crippen molar-refractivity contribution >= 4 is 0 Å². The van der Waals surface area contributed by atoms with E-state index in [9.17, 15) is 5.11 Å². The molecule has 0 aromatic carbocycles. The standard InChI is InChI=1S/C14H20N2O/c1-4-10-6-9(3)14(17)12(5-2)13(10)11(7-15)8-16/h9-10,12,14,17H,4-6H2,1-3H3. The number of aliphatic hydroxyl groups excluding tert-OH is 1. The van der Waals surface area contributed by atoms with Crippen molar-refractivity contribution in [2.24, 2.45) is 17.8 Å². The molecular formula is C14H20N2O. The van der Waals surface area contributed by atoms with E-state index in [1.165, 1.54) is 0 Å². The van der Waals surface area contributed by atoms with Crippen LogP contribution in [0.5, 0.6) is 0 Å². The topological polar surface area (TPSA) is 67.8 Å². The second-order valence-corrected chi connectivity index (χ2v) is 4.88. The fourth-order valence-corrected chi connectivity index (χ4v) is 2.99. The summed E-state index contributed by atoms with van der Waals surface area (Å²) >= 11 is 0. The van der Waals surface area contributed by atoms with Crippen molar-refractivity contribution in [1.29, 1.82) is 10.5 Å². The fraction of sp³-hybridized carbons (Fsp3) is 0.714. The van der Waals surface area contributed by atoms with Crippen molar-refractivity contribution in [2.75, 3.05) is 0 Å². The summed E-state index contributed by atoms with van der Waals surface area (Å²) in [5.74, 6) is 0.484. The van der Waals surface area contributed by atoms with Gasteiger partial charge in [-0.15, -0.1) is 0 Å². The van der Waals surface area contributed by atoms with E-state index in [0.29, 0.717) is 0 Å². The Morgan fingerprint density at radius 2 is 1.88 bits per heavy atom. The van der Waals surface area contributed by atoms with Gasteiger partial charge in [-0.3, -0.25) is 0 Å². The van der Waals surface area contributed by atoms with Crippen molar-refractivity contribution in [3.05, 3.63) is 11.1 Å². The van der Waals surface area contributed by atoms with Crippen LogP contribution in [0.15, 0.2) is 11.1 Å². The first kappa shape index (κ1) is 13.7. The predicted octanol–water partition coefficient (Wildman–Crippen LogP) is 2.78.